The lowest BCUT2D eigenvalue weighted by Crippen LogP contribution is -2.25. The van der Waals surface area contributed by atoms with E-state index in [4.69, 9.17) is 0 Å². The van der Waals surface area contributed by atoms with E-state index in [-0.39, 0.29) is 12.2 Å². The molecule has 0 unspecified atom stereocenters. The second kappa shape index (κ2) is 8.70. The number of rotatable bonds is 7. The summed E-state index contributed by atoms with van der Waals surface area (Å²) in [5, 5.41) is 12.0. The van der Waals surface area contributed by atoms with Crippen molar-refractivity contribution < 1.29 is 32.4 Å². The lowest BCUT2D eigenvalue weighted by atomic mass is 10.1. The third-order valence-electron chi connectivity index (χ3n) is 3.05. The SMILES string of the molecule is COC(=O)CCS[C@H](C)C(=O)Nc1ccc([N+](=O)[O-])cc1C(F)(F)F. The van der Waals surface area contributed by atoms with Crippen LogP contribution in [-0.2, 0) is 20.5 Å². The summed E-state index contributed by atoms with van der Waals surface area (Å²) in [7, 11) is 1.22. The number of thioether (sulfide) groups is 1. The molecule has 1 atom stereocenters. The number of hydrogen-bond acceptors (Lipinski definition) is 6. The van der Waals surface area contributed by atoms with Crippen LogP contribution in [0, 0.1) is 10.1 Å². The fourth-order valence-corrected chi connectivity index (χ4v) is 2.57. The minimum absolute atomic E-state index is 0.0596. The Bertz CT molecular complexity index is 666. The molecular formula is C14H15F3N2O5S. The van der Waals surface area contributed by atoms with Gasteiger partial charge in [0.05, 0.1) is 35.0 Å². The molecule has 0 aliphatic carbocycles. The highest BCUT2D eigenvalue weighted by molar-refractivity contribution is 8.00. The Morgan fingerprint density at radius 2 is 2.04 bits per heavy atom. The smallest absolute Gasteiger partial charge is 0.418 e. The molecule has 11 heteroatoms. The molecule has 0 aliphatic heterocycles. The van der Waals surface area contributed by atoms with Crippen molar-refractivity contribution in [1.82, 2.24) is 0 Å². The Balaban J connectivity index is 2.85. The number of nitrogens with zero attached hydrogens (tertiary/aromatic N) is 1. The molecule has 0 radical (unpaired) electrons. The highest BCUT2D eigenvalue weighted by Crippen LogP contribution is 2.37. The van der Waals surface area contributed by atoms with Gasteiger partial charge in [0.1, 0.15) is 0 Å². The molecule has 0 spiro atoms. The third kappa shape index (κ3) is 6.25. The average molecular weight is 380 g/mol. The van der Waals surface area contributed by atoms with Crippen molar-refractivity contribution in [3.63, 3.8) is 0 Å². The molecule has 1 N–H and O–H groups in total. The predicted molar refractivity (Wildman–Crippen MR) is 85.3 cm³/mol. The summed E-state index contributed by atoms with van der Waals surface area (Å²) >= 11 is 1.07. The number of carbonyl (C=O) groups excluding carboxylic acids is 2. The molecular weight excluding hydrogens is 365 g/mol. The number of anilines is 1. The topological polar surface area (TPSA) is 98.5 Å². The number of halogens is 3. The van der Waals surface area contributed by atoms with E-state index in [9.17, 15) is 32.9 Å². The molecule has 0 heterocycles. The van der Waals surface area contributed by atoms with E-state index in [0.717, 1.165) is 23.9 Å². The monoisotopic (exact) mass is 380 g/mol. The highest BCUT2D eigenvalue weighted by Gasteiger charge is 2.36. The Kier molecular flexibility index (Phi) is 7.22. The van der Waals surface area contributed by atoms with Crippen molar-refractivity contribution in [3.8, 4) is 0 Å². The fraction of sp³-hybridized carbons (Fsp3) is 0.429. The summed E-state index contributed by atoms with van der Waals surface area (Å²) in [5.74, 6) is -0.919. The number of hydrogen-bond donors (Lipinski definition) is 1. The quantitative estimate of drug-likeness (QED) is 0.443. The molecule has 0 saturated carbocycles. The number of alkyl halides is 3. The van der Waals surface area contributed by atoms with Crippen LogP contribution in [0.5, 0.6) is 0 Å². The van der Waals surface area contributed by atoms with Gasteiger partial charge in [-0.05, 0) is 13.0 Å². The van der Waals surface area contributed by atoms with Gasteiger partial charge in [-0.25, -0.2) is 0 Å². The molecule has 7 nitrogen and oxygen atoms in total. The van der Waals surface area contributed by atoms with Gasteiger partial charge in [0, 0.05) is 17.9 Å². The number of esters is 1. The lowest BCUT2D eigenvalue weighted by Gasteiger charge is -2.16. The van der Waals surface area contributed by atoms with E-state index in [1.807, 2.05) is 0 Å². The minimum atomic E-state index is -4.87. The molecule has 0 saturated heterocycles. The van der Waals surface area contributed by atoms with Crippen LogP contribution in [0.4, 0.5) is 24.5 Å². The van der Waals surface area contributed by atoms with E-state index >= 15 is 0 Å². The zero-order chi connectivity index (χ0) is 19.2. The van der Waals surface area contributed by atoms with Crippen LogP contribution in [0.25, 0.3) is 0 Å². The molecule has 1 amide bonds. The first-order valence-corrected chi connectivity index (χ1v) is 7.96. The lowest BCUT2D eigenvalue weighted by molar-refractivity contribution is -0.385. The fourth-order valence-electron chi connectivity index (χ4n) is 1.72. The number of nitrogens with one attached hydrogen (secondary N) is 1. The van der Waals surface area contributed by atoms with E-state index < -0.39 is 45.2 Å². The molecule has 0 bridgehead atoms. The van der Waals surface area contributed by atoms with Crippen LogP contribution >= 0.6 is 11.8 Å². The molecule has 1 aromatic carbocycles. The van der Waals surface area contributed by atoms with Gasteiger partial charge in [0.2, 0.25) is 5.91 Å². The van der Waals surface area contributed by atoms with Crippen molar-refractivity contribution >= 4 is 35.0 Å². The maximum Gasteiger partial charge on any atom is 0.418 e. The largest absolute Gasteiger partial charge is 0.469 e. The Morgan fingerprint density at radius 3 is 2.56 bits per heavy atom. The standard InChI is InChI=1S/C14H15F3N2O5S/c1-8(25-6-5-12(20)24-2)13(21)18-11-4-3-9(19(22)23)7-10(11)14(15,16)17/h3-4,7-8H,5-6H2,1-2H3,(H,18,21)/t8-/m1/s1. The van der Waals surface area contributed by atoms with Gasteiger partial charge in [-0.2, -0.15) is 13.2 Å². The van der Waals surface area contributed by atoms with Gasteiger partial charge in [-0.15, -0.1) is 11.8 Å². The summed E-state index contributed by atoms with van der Waals surface area (Å²) in [5.41, 5.74) is -2.60. The van der Waals surface area contributed by atoms with E-state index in [1.165, 1.54) is 14.0 Å². The van der Waals surface area contributed by atoms with Crippen LogP contribution in [0.3, 0.4) is 0 Å². The molecule has 1 rings (SSSR count). The third-order valence-corrected chi connectivity index (χ3v) is 4.20. The van der Waals surface area contributed by atoms with Gasteiger partial charge in [0.15, 0.2) is 0 Å². The van der Waals surface area contributed by atoms with Crippen molar-refractivity contribution in [2.75, 3.05) is 18.2 Å². The Hall–Kier alpha value is -2.30. The van der Waals surface area contributed by atoms with E-state index in [1.54, 1.807) is 0 Å². The first kappa shape index (κ1) is 20.7. The van der Waals surface area contributed by atoms with Gasteiger partial charge in [-0.1, -0.05) is 0 Å². The number of benzene rings is 1. The summed E-state index contributed by atoms with van der Waals surface area (Å²) in [6, 6.07) is 2.08. The van der Waals surface area contributed by atoms with Crippen LogP contribution in [0.2, 0.25) is 0 Å². The number of amides is 1. The van der Waals surface area contributed by atoms with E-state index in [2.05, 4.69) is 10.1 Å². The molecule has 1 aromatic rings. The highest BCUT2D eigenvalue weighted by atomic mass is 32.2. The summed E-state index contributed by atoms with van der Waals surface area (Å²) in [6.45, 7) is 1.47. The van der Waals surface area contributed by atoms with Crippen LogP contribution in [0.1, 0.15) is 18.9 Å². The molecule has 25 heavy (non-hydrogen) atoms. The van der Waals surface area contributed by atoms with Crippen molar-refractivity contribution in [2.24, 2.45) is 0 Å². The van der Waals surface area contributed by atoms with Crippen molar-refractivity contribution in [1.29, 1.82) is 0 Å². The molecule has 138 valence electrons. The molecule has 0 aromatic heterocycles. The maximum atomic E-state index is 13.0. The van der Waals surface area contributed by atoms with Crippen LogP contribution < -0.4 is 5.32 Å². The Labute approximate surface area is 145 Å². The maximum absolute atomic E-state index is 13.0. The number of methoxy groups -OCH3 is 1. The normalized spacial score (nSPS) is 12.4. The number of ether oxygens (including phenoxy) is 1. The number of nitro groups is 1. The number of non-ortho nitro benzene ring substituents is 1. The predicted octanol–water partition coefficient (Wildman–Crippen LogP) is 3.24. The minimum Gasteiger partial charge on any atom is -0.469 e. The number of carbonyl (C=O) groups is 2. The van der Waals surface area contributed by atoms with Gasteiger partial charge in [-0.3, -0.25) is 19.7 Å². The first-order valence-electron chi connectivity index (χ1n) is 6.91. The van der Waals surface area contributed by atoms with Gasteiger partial charge >= 0.3 is 12.1 Å². The van der Waals surface area contributed by atoms with E-state index in [0.29, 0.717) is 6.07 Å². The van der Waals surface area contributed by atoms with Crippen LogP contribution in [-0.4, -0.2) is 34.9 Å². The molecule has 0 fully saturated rings. The first-order chi connectivity index (χ1) is 11.6. The second-order valence-electron chi connectivity index (χ2n) is 4.81. The second-order valence-corrected chi connectivity index (χ2v) is 6.26. The molecule has 0 aliphatic rings. The summed E-state index contributed by atoms with van der Waals surface area (Å²) in [4.78, 5) is 32.7. The van der Waals surface area contributed by atoms with Gasteiger partial charge in [0.25, 0.3) is 5.69 Å². The average Bonchev–Trinajstić information content (AvgIpc) is 2.53. The van der Waals surface area contributed by atoms with Crippen molar-refractivity contribution in [2.45, 2.75) is 24.8 Å². The van der Waals surface area contributed by atoms with Gasteiger partial charge < -0.3 is 10.1 Å². The summed E-state index contributed by atoms with van der Waals surface area (Å²) in [6.07, 6.45) is -4.81. The zero-order valence-electron chi connectivity index (χ0n) is 13.3. The van der Waals surface area contributed by atoms with Crippen LogP contribution in [0.15, 0.2) is 18.2 Å². The zero-order valence-corrected chi connectivity index (χ0v) is 14.1. The van der Waals surface area contributed by atoms with Crippen molar-refractivity contribution in [3.05, 3.63) is 33.9 Å². The Morgan fingerprint density at radius 1 is 1.40 bits per heavy atom. The summed E-state index contributed by atoms with van der Waals surface area (Å²) < 4.78 is 43.6. The number of nitro benzene ring substituents is 1.